The van der Waals surface area contributed by atoms with Crippen LogP contribution in [0.25, 0.3) is 11.6 Å². The van der Waals surface area contributed by atoms with Gasteiger partial charge in [0.05, 0.1) is 12.3 Å². The summed E-state index contributed by atoms with van der Waals surface area (Å²) in [5, 5.41) is 7.36. The molecule has 1 fully saturated rings. The zero-order valence-electron chi connectivity index (χ0n) is 9.77. The molecule has 1 aliphatic heterocycles. The summed E-state index contributed by atoms with van der Waals surface area (Å²) in [5.41, 5.74) is 1.02. The highest BCUT2D eigenvalue weighted by Crippen LogP contribution is 2.25. The molecule has 1 atom stereocenters. The number of hydrogen-bond acceptors (Lipinski definition) is 5. The third kappa shape index (κ3) is 1.98. The van der Waals surface area contributed by atoms with Crippen molar-refractivity contribution in [2.75, 3.05) is 6.54 Å². The first-order valence-electron chi connectivity index (χ1n) is 5.96. The number of nitrogens with one attached hydrogen (secondary N) is 1. The smallest absolute Gasteiger partial charge is 0.244 e. The zero-order valence-corrected chi connectivity index (χ0v) is 9.77. The maximum Gasteiger partial charge on any atom is 0.244 e. The summed E-state index contributed by atoms with van der Waals surface area (Å²) in [6.45, 7) is 2.98. The number of aromatic nitrogens is 2. The molecule has 90 valence electrons. The second-order valence-corrected chi connectivity index (χ2v) is 4.39. The van der Waals surface area contributed by atoms with Crippen LogP contribution in [0.15, 0.2) is 21.3 Å². The average molecular weight is 233 g/mol. The van der Waals surface area contributed by atoms with Gasteiger partial charge in [0.25, 0.3) is 0 Å². The minimum atomic E-state index is 0.195. The molecular weight excluding hydrogens is 218 g/mol. The number of rotatable bonds is 2. The van der Waals surface area contributed by atoms with Crippen molar-refractivity contribution in [3.8, 4) is 11.6 Å². The van der Waals surface area contributed by atoms with Crippen molar-refractivity contribution in [1.82, 2.24) is 15.5 Å². The van der Waals surface area contributed by atoms with Crippen molar-refractivity contribution >= 4 is 0 Å². The van der Waals surface area contributed by atoms with Crippen molar-refractivity contribution in [3.05, 3.63) is 23.8 Å². The number of piperidine rings is 1. The Morgan fingerprint density at radius 1 is 1.41 bits per heavy atom. The van der Waals surface area contributed by atoms with Gasteiger partial charge in [0.2, 0.25) is 11.7 Å². The van der Waals surface area contributed by atoms with Gasteiger partial charge in [-0.25, -0.2) is 0 Å². The fraction of sp³-hybridized carbons (Fsp3) is 0.500. The van der Waals surface area contributed by atoms with Crippen LogP contribution in [0.3, 0.4) is 0 Å². The van der Waals surface area contributed by atoms with Gasteiger partial charge in [0.15, 0.2) is 5.76 Å². The highest BCUT2D eigenvalue weighted by atomic mass is 16.5. The van der Waals surface area contributed by atoms with Crippen LogP contribution in [0.2, 0.25) is 0 Å². The van der Waals surface area contributed by atoms with Gasteiger partial charge in [0.1, 0.15) is 0 Å². The monoisotopic (exact) mass is 233 g/mol. The van der Waals surface area contributed by atoms with E-state index in [0.717, 1.165) is 18.5 Å². The molecule has 0 aromatic carbocycles. The molecule has 0 unspecified atom stereocenters. The molecule has 2 aromatic heterocycles. The van der Waals surface area contributed by atoms with Crippen LogP contribution in [0.5, 0.6) is 0 Å². The third-order valence-corrected chi connectivity index (χ3v) is 3.12. The lowest BCUT2D eigenvalue weighted by atomic mass is 10.1. The Kier molecular flexibility index (Phi) is 2.68. The Morgan fingerprint density at radius 3 is 3.06 bits per heavy atom. The van der Waals surface area contributed by atoms with E-state index >= 15 is 0 Å². The second kappa shape index (κ2) is 4.33. The molecule has 0 spiro atoms. The van der Waals surface area contributed by atoms with Crippen LogP contribution < -0.4 is 5.32 Å². The Balaban J connectivity index is 1.85. The van der Waals surface area contributed by atoms with Gasteiger partial charge < -0.3 is 14.3 Å². The molecule has 0 radical (unpaired) electrons. The lowest BCUT2D eigenvalue weighted by Crippen LogP contribution is -2.26. The van der Waals surface area contributed by atoms with E-state index < -0.39 is 0 Å². The number of nitrogens with zero attached hydrogens (tertiary/aromatic N) is 2. The summed E-state index contributed by atoms with van der Waals surface area (Å²) < 4.78 is 10.6. The first-order valence-corrected chi connectivity index (χ1v) is 5.96. The fourth-order valence-electron chi connectivity index (χ4n) is 2.13. The predicted molar refractivity (Wildman–Crippen MR) is 61.3 cm³/mol. The molecule has 5 nitrogen and oxygen atoms in total. The van der Waals surface area contributed by atoms with Crippen LogP contribution in [0.1, 0.15) is 36.8 Å². The summed E-state index contributed by atoms with van der Waals surface area (Å²) in [6, 6.07) is 2.09. The molecule has 0 amide bonds. The summed E-state index contributed by atoms with van der Waals surface area (Å²) in [6.07, 6.45) is 5.11. The Bertz CT molecular complexity index is 497. The van der Waals surface area contributed by atoms with Gasteiger partial charge >= 0.3 is 0 Å². The largest absolute Gasteiger partial charge is 0.461 e. The highest BCUT2D eigenvalue weighted by molar-refractivity contribution is 5.51. The predicted octanol–water partition coefficient (Wildman–Crippen LogP) is 2.45. The van der Waals surface area contributed by atoms with Crippen LogP contribution in [0, 0.1) is 6.92 Å². The van der Waals surface area contributed by atoms with Crippen LogP contribution in [0.4, 0.5) is 0 Å². The van der Waals surface area contributed by atoms with Crippen LogP contribution in [-0.4, -0.2) is 16.7 Å². The van der Waals surface area contributed by atoms with Crippen LogP contribution in [-0.2, 0) is 0 Å². The maximum absolute atomic E-state index is 5.35. The van der Waals surface area contributed by atoms with E-state index in [1.54, 1.807) is 6.26 Å². The molecule has 3 rings (SSSR count). The summed E-state index contributed by atoms with van der Waals surface area (Å²) >= 11 is 0. The quantitative estimate of drug-likeness (QED) is 0.863. The van der Waals surface area contributed by atoms with Gasteiger partial charge in [-0.3, -0.25) is 0 Å². The van der Waals surface area contributed by atoms with Gasteiger partial charge in [-0.1, -0.05) is 11.6 Å². The number of furan rings is 1. The first kappa shape index (κ1) is 10.5. The molecule has 17 heavy (non-hydrogen) atoms. The summed E-state index contributed by atoms with van der Waals surface area (Å²) in [7, 11) is 0. The van der Waals surface area contributed by atoms with Crippen LogP contribution >= 0.6 is 0 Å². The summed E-state index contributed by atoms with van der Waals surface area (Å²) in [5.74, 6) is 1.89. The lowest BCUT2D eigenvalue weighted by Gasteiger charge is -2.19. The molecule has 2 aromatic rings. The molecule has 5 heteroatoms. The van der Waals surface area contributed by atoms with E-state index in [4.69, 9.17) is 8.94 Å². The van der Waals surface area contributed by atoms with Crippen molar-refractivity contribution in [1.29, 1.82) is 0 Å². The second-order valence-electron chi connectivity index (χ2n) is 4.39. The average Bonchev–Trinajstić information content (AvgIpc) is 2.98. The maximum atomic E-state index is 5.35. The topological polar surface area (TPSA) is 64.1 Å². The molecule has 1 saturated heterocycles. The first-order chi connectivity index (χ1) is 8.34. The standard InChI is InChI=1S/C12H15N3O2/c1-8-5-7-16-10(8)11-14-12(17-15-11)9-4-2-3-6-13-9/h5,7,9,13H,2-4,6H2,1H3/t9-/m1/s1. The van der Waals surface area contributed by atoms with Gasteiger partial charge in [-0.15, -0.1) is 0 Å². The van der Waals surface area contributed by atoms with E-state index in [1.807, 2.05) is 13.0 Å². The molecule has 0 bridgehead atoms. The minimum absolute atomic E-state index is 0.195. The highest BCUT2D eigenvalue weighted by Gasteiger charge is 2.22. The van der Waals surface area contributed by atoms with E-state index in [1.165, 1.54) is 12.8 Å². The van der Waals surface area contributed by atoms with Crippen molar-refractivity contribution in [2.24, 2.45) is 0 Å². The van der Waals surface area contributed by atoms with E-state index in [-0.39, 0.29) is 6.04 Å². The van der Waals surface area contributed by atoms with E-state index in [2.05, 4.69) is 15.5 Å². The van der Waals surface area contributed by atoms with Crippen molar-refractivity contribution in [2.45, 2.75) is 32.2 Å². The molecule has 0 aliphatic carbocycles. The fourth-order valence-corrected chi connectivity index (χ4v) is 2.13. The Hall–Kier alpha value is -1.62. The third-order valence-electron chi connectivity index (χ3n) is 3.12. The zero-order chi connectivity index (χ0) is 11.7. The molecular formula is C12H15N3O2. The van der Waals surface area contributed by atoms with E-state index in [9.17, 15) is 0 Å². The molecule has 3 heterocycles. The van der Waals surface area contributed by atoms with Crippen molar-refractivity contribution < 1.29 is 8.94 Å². The Labute approximate surface area is 99.2 Å². The lowest BCUT2D eigenvalue weighted by molar-refractivity contribution is 0.297. The molecule has 0 saturated carbocycles. The SMILES string of the molecule is Cc1ccoc1-c1noc([C@H]2CCCCN2)n1. The van der Waals surface area contributed by atoms with Crippen molar-refractivity contribution in [3.63, 3.8) is 0 Å². The normalized spacial score (nSPS) is 20.6. The molecule has 1 N–H and O–H groups in total. The minimum Gasteiger partial charge on any atom is -0.461 e. The summed E-state index contributed by atoms with van der Waals surface area (Å²) in [4.78, 5) is 4.40. The number of hydrogen-bond donors (Lipinski definition) is 1. The van der Waals surface area contributed by atoms with Gasteiger partial charge in [-0.05, 0) is 37.9 Å². The van der Waals surface area contributed by atoms with E-state index in [0.29, 0.717) is 17.5 Å². The number of aryl methyl sites for hydroxylation is 1. The Morgan fingerprint density at radius 2 is 2.35 bits per heavy atom. The molecule has 1 aliphatic rings. The van der Waals surface area contributed by atoms with Gasteiger partial charge in [0, 0.05) is 0 Å². The van der Waals surface area contributed by atoms with Gasteiger partial charge in [-0.2, -0.15) is 4.98 Å².